The minimum atomic E-state index is -3.18. The van der Waals surface area contributed by atoms with Crippen LogP contribution < -0.4 is 15.6 Å². The van der Waals surface area contributed by atoms with E-state index in [1.54, 1.807) is 30.3 Å². The van der Waals surface area contributed by atoms with E-state index >= 15 is 0 Å². The number of likely N-dealkylation sites (N-methyl/N-ethyl adjacent to an activating group) is 1. The highest BCUT2D eigenvalue weighted by molar-refractivity contribution is 5.89. The van der Waals surface area contributed by atoms with Gasteiger partial charge < -0.3 is 25.0 Å². The van der Waals surface area contributed by atoms with Crippen LogP contribution in [0.3, 0.4) is 0 Å². The molecule has 0 spiro atoms. The summed E-state index contributed by atoms with van der Waals surface area (Å²) in [4.78, 5) is 52.4. The van der Waals surface area contributed by atoms with Crippen LogP contribution in [0, 0.1) is 17.0 Å². The molecule has 0 bridgehead atoms. The fraction of sp³-hybridized carbons (Fsp3) is 0.303. The first-order chi connectivity index (χ1) is 21.9. The highest BCUT2D eigenvalue weighted by Gasteiger charge is 2.27. The van der Waals surface area contributed by atoms with Crippen LogP contribution in [0.2, 0.25) is 0 Å². The standard InChI is InChI=1S/C33H34F2N4O7/c1-4-20(7-12-29(40)41)26-10-6-22(15-19(26)2)30(37-24-8-5-21-13-14-36-31(42)27(21)17-24)32(43)38(3)18-23-16-25(39(44)45)9-11-28(23)46-33(34)35/h5-6,8-11,13-17,20,30,33,37H,4,7,12,18H2,1-3H3,(H,36,42)(H,40,41)/t20-,30?/m0/s1. The number of amides is 1. The molecule has 0 aliphatic heterocycles. The van der Waals surface area contributed by atoms with Crippen molar-refractivity contribution in [2.24, 2.45) is 0 Å². The molecule has 0 aliphatic rings. The molecule has 0 radical (unpaired) electrons. The fourth-order valence-corrected chi connectivity index (χ4v) is 5.51. The molecule has 2 atom stereocenters. The monoisotopic (exact) mass is 636 g/mol. The zero-order valence-electron chi connectivity index (χ0n) is 25.5. The van der Waals surface area contributed by atoms with Gasteiger partial charge in [-0.2, -0.15) is 8.78 Å². The SMILES string of the molecule is CC[C@@H](CCC(=O)O)c1ccc(C(Nc2ccc3cc[nH]c(=O)c3c2)C(=O)N(C)Cc2cc([N+](=O)[O-])ccc2OC(F)F)cc1C. The van der Waals surface area contributed by atoms with Crippen molar-refractivity contribution in [3.05, 3.63) is 110 Å². The average Bonchev–Trinajstić information content (AvgIpc) is 3.01. The second kappa shape index (κ2) is 14.6. The first kappa shape index (κ1) is 33.6. The summed E-state index contributed by atoms with van der Waals surface area (Å²) in [7, 11) is 1.44. The number of aromatic amines is 1. The van der Waals surface area contributed by atoms with Crippen LogP contribution in [-0.4, -0.2) is 45.4 Å². The molecule has 1 unspecified atom stereocenters. The van der Waals surface area contributed by atoms with E-state index in [4.69, 9.17) is 0 Å². The van der Waals surface area contributed by atoms with Gasteiger partial charge in [0.25, 0.3) is 11.2 Å². The highest BCUT2D eigenvalue weighted by Crippen LogP contribution is 2.32. The average molecular weight is 637 g/mol. The fourth-order valence-electron chi connectivity index (χ4n) is 5.51. The summed E-state index contributed by atoms with van der Waals surface area (Å²) >= 11 is 0. The lowest BCUT2D eigenvalue weighted by Gasteiger charge is -2.27. The van der Waals surface area contributed by atoms with E-state index in [9.17, 15) is 38.4 Å². The summed E-state index contributed by atoms with van der Waals surface area (Å²) in [6.45, 7) is 0.377. The Balaban J connectivity index is 1.73. The van der Waals surface area contributed by atoms with Crippen molar-refractivity contribution in [1.29, 1.82) is 0 Å². The number of pyridine rings is 1. The Kier molecular flexibility index (Phi) is 10.7. The Bertz CT molecular complexity index is 1810. The predicted molar refractivity (Wildman–Crippen MR) is 168 cm³/mol. The Hall–Kier alpha value is -5.33. The predicted octanol–water partition coefficient (Wildman–Crippen LogP) is 6.52. The van der Waals surface area contributed by atoms with E-state index in [-0.39, 0.29) is 41.4 Å². The minimum Gasteiger partial charge on any atom is -0.481 e. The molecule has 0 aliphatic carbocycles. The van der Waals surface area contributed by atoms with Crippen LogP contribution in [0.5, 0.6) is 5.75 Å². The molecule has 0 fully saturated rings. The molecule has 1 aromatic heterocycles. The van der Waals surface area contributed by atoms with Crippen LogP contribution in [0.15, 0.2) is 71.7 Å². The van der Waals surface area contributed by atoms with E-state index < -0.39 is 29.5 Å². The second-order valence-corrected chi connectivity index (χ2v) is 11.0. The van der Waals surface area contributed by atoms with Crippen molar-refractivity contribution in [1.82, 2.24) is 9.88 Å². The van der Waals surface area contributed by atoms with Gasteiger partial charge in [-0.05, 0) is 72.0 Å². The number of H-pyrrole nitrogens is 1. The molecular formula is C33H34F2N4O7. The number of aryl methyl sites for hydroxylation is 1. The molecule has 46 heavy (non-hydrogen) atoms. The number of hydrogen-bond acceptors (Lipinski definition) is 7. The van der Waals surface area contributed by atoms with Gasteiger partial charge in [0.15, 0.2) is 0 Å². The van der Waals surface area contributed by atoms with Crippen LogP contribution in [-0.2, 0) is 16.1 Å². The maximum absolute atomic E-state index is 14.1. The van der Waals surface area contributed by atoms with Gasteiger partial charge in [-0.25, -0.2) is 0 Å². The lowest BCUT2D eigenvalue weighted by Crippen LogP contribution is -2.35. The highest BCUT2D eigenvalue weighted by atomic mass is 19.3. The molecule has 11 nitrogen and oxygen atoms in total. The van der Waals surface area contributed by atoms with Crippen molar-refractivity contribution < 1.29 is 33.1 Å². The van der Waals surface area contributed by atoms with E-state index in [0.29, 0.717) is 34.9 Å². The maximum Gasteiger partial charge on any atom is 0.387 e. The summed E-state index contributed by atoms with van der Waals surface area (Å²) in [5.41, 5.74) is 2.16. The number of carboxylic acids is 1. The molecule has 0 saturated heterocycles. The molecule has 0 saturated carbocycles. The van der Waals surface area contributed by atoms with E-state index in [1.807, 2.05) is 26.0 Å². The van der Waals surface area contributed by atoms with Crippen LogP contribution in [0.25, 0.3) is 10.8 Å². The largest absolute Gasteiger partial charge is 0.481 e. The van der Waals surface area contributed by atoms with Crippen LogP contribution in [0.1, 0.15) is 60.4 Å². The van der Waals surface area contributed by atoms with Crippen molar-refractivity contribution in [2.45, 2.75) is 58.2 Å². The third kappa shape index (κ3) is 8.03. The summed E-state index contributed by atoms with van der Waals surface area (Å²) in [6.07, 6.45) is 2.72. The van der Waals surface area contributed by atoms with Gasteiger partial charge in [0, 0.05) is 55.0 Å². The number of nitrogens with one attached hydrogen (secondary N) is 2. The zero-order chi connectivity index (χ0) is 33.5. The number of hydrogen-bond donors (Lipinski definition) is 3. The molecule has 3 aromatic carbocycles. The lowest BCUT2D eigenvalue weighted by atomic mass is 9.87. The van der Waals surface area contributed by atoms with Crippen LogP contribution >= 0.6 is 0 Å². The Morgan fingerprint density at radius 1 is 1.11 bits per heavy atom. The van der Waals surface area contributed by atoms with Crippen molar-refractivity contribution in [3.8, 4) is 5.75 Å². The van der Waals surface area contributed by atoms with Crippen molar-refractivity contribution in [2.75, 3.05) is 12.4 Å². The minimum absolute atomic E-state index is 0.00993. The number of halogens is 2. The number of benzene rings is 3. The molecule has 3 N–H and O–H groups in total. The Labute approximate surface area is 263 Å². The van der Waals surface area contributed by atoms with Gasteiger partial charge in [0.2, 0.25) is 5.91 Å². The number of aliphatic carboxylic acids is 1. The number of carbonyl (C=O) groups excluding carboxylic acids is 1. The summed E-state index contributed by atoms with van der Waals surface area (Å²) < 4.78 is 30.8. The smallest absolute Gasteiger partial charge is 0.387 e. The number of fused-ring (bicyclic) bond motifs is 1. The van der Waals surface area contributed by atoms with E-state index in [1.165, 1.54) is 18.1 Å². The Morgan fingerprint density at radius 3 is 2.52 bits per heavy atom. The number of nitrogens with zero attached hydrogens (tertiary/aromatic N) is 2. The molecule has 1 amide bonds. The number of alkyl halides is 2. The number of ether oxygens (including phenoxy) is 1. The number of aromatic nitrogens is 1. The van der Waals surface area contributed by atoms with Crippen molar-refractivity contribution >= 4 is 34.0 Å². The molecule has 13 heteroatoms. The molecule has 4 aromatic rings. The van der Waals surface area contributed by atoms with Gasteiger partial charge in [-0.15, -0.1) is 0 Å². The van der Waals surface area contributed by atoms with Gasteiger partial charge in [-0.3, -0.25) is 24.5 Å². The zero-order valence-corrected chi connectivity index (χ0v) is 25.5. The third-order valence-electron chi connectivity index (χ3n) is 7.85. The molecule has 1 heterocycles. The molecule has 4 rings (SSSR count). The normalized spacial score (nSPS) is 12.5. The van der Waals surface area contributed by atoms with Crippen LogP contribution in [0.4, 0.5) is 20.2 Å². The van der Waals surface area contributed by atoms with Gasteiger partial charge in [-0.1, -0.05) is 31.2 Å². The number of nitro groups is 1. The number of rotatable bonds is 14. The number of non-ortho nitro benzene ring substituents is 1. The van der Waals surface area contributed by atoms with E-state index in [2.05, 4.69) is 15.0 Å². The van der Waals surface area contributed by atoms with Gasteiger partial charge in [0.1, 0.15) is 11.8 Å². The van der Waals surface area contributed by atoms with Gasteiger partial charge >= 0.3 is 12.6 Å². The lowest BCUT2D eigenvalue weighted by molar-refractivity contribution is -0.385. The maximum atomic E-state index is 14.1. The topological polar surface area (TPSA) is 155 Å². The number of nitro benzene ring substituents is 1. The molecular weight excluding hydrogens is 602 g/mol. The van der Waals surface area contributed by atoms with E-state index in [0.717, 1.165) is 29.3 Å². The van der Waals surface area contributed by atoms with Crippen molar-refractivity contribution in [3.63, 3.8) is 0 Å². The number of carbonyl (C=O) groups is 2. The number of anilines is 1. The van der Waals surface area contributed by atoms with Gasteiger partial charge in [0.05, 0.1) is 4.92 Å². The third-order valence-corrected chi connectivity index (χ3v) is 7.85. The summed E-state index contributed by atoms with van der Waals surface area (Å²) in [5, 5.41) is 24.9. The Morgan fingerprint density at radius 2 is 1.87 bits per heavy atom. The number of carboxylic acid groups (broad SMARTS) is 1. The summed E-state index contributed by atoms with van der Waals surface area (Å²) in [6, 6.07) is 14.4. The second-order valence-electron chi connectivity index (χ2n) is 11.0. The molecule has 242 valence electrons. The quantitative estimate of drug-likeness (QED) is 0.104. The first-order valence-corrected chi connectivity index (χ1v) is 14.5. The summed E-state index contributed by atoms with van der Waals surface area (Å²) in [5.74, 6) is -1.69. The first-order valence-electron chi connectivity index (χ1n) is 14.5.